The highest BCUT2D eigenvalue weighted by Gasteiger charge is 2.13. The highest BCUT2D eigenvalue weighted by molar-refractivity contribution is 5.17. The van der Waals surface area contributed by atoms with Gasteiger partial charge in [0.2, 0.25) is 0 Å². The van der Waals surface area contributed by atoms with E-state index in [1.165, 1.54) is 25.2 Å². The van der Waals surface area contributed by atoms with Crippen molar-refractivity contribution in [1.29, 1.82) is 0 Å². The van der Waals surface area contributed by atoms with Crippen LogP contribution in [0.5, 0.6) is 0 Å². The molecule has 106 valence electrons. The first-order chi connectivity index (χ1) is 8.35. The van der Waals surface area contributed by atoms with Crippen molar-refractivity contribution in [1.82, 2.24) is 0 Å². The molecule has 3 nitrogen and oxygen atoms in total. The highest BCUT2D eigenvalue weighted by Crippen LogP contribution is 2.10. The fraction of sp³-hybridized carbons (Fsp3) is 0.571. The van der Waals surface area contributed by atoms with E-state index in [4.69, 9.17) is 14.9 Å². The summed E-state index contributed by atoms with van der Waals surface area (Å²) < 4.78 is 18.1. The van der Waals surface area contributed by atoms with E-state index in [1.807, 2.05) is 13.8 Å². The van der Waals surface area contributed by atoms with E-state index in [2.05, 4.69) is 6.58 Å². The van der Waals surface area contributed by atoms with E-state index >= 15 is 0 Å². The van der Waals surface area contributed by atoms with Gasteiger partial charge in [-0.05, 0) is 26.3 Å². The average molecular weight is 260 g/mol. The van der Waals surface area contributed by atoms with Crippen LogP contribution in [0.25, 0.3) is 0 Å². The average Bonchev–Trinajstić information content (AvgIpc) is 2.26. The van der Waals surface area contributed by atoms with Gasteiger partial charge in [-0.15, -0.1) is 0 Å². The van der Waals surface area contributed by atoms with Gasteiger partial charge in [0.15, 0.2) is 5.79 Å². The lowest BCUT2D eigenvalue weighted by atomic mass is 10.2. The van der Waals surface area contributed by atoms with Crippen LogP contribution in [-0.2, 0) is 4.74 Å². The Morgan fingerprint density at radius 3 is 2.39 bits per heavy atom. The first-order valence-electron chi connectivity index (χ1n) is 6.09. The molecule has 0 aromatic carbocycles. The van der Waals surface area contributed by atoms with Gasteiger partial charge in [-0.3, -0.25) is 0 Å². The second-order valence-corrected chi connectivity index (χ2v) is 3.71. The molecule has 0 bridgehead atoms. The molecule has 0 aliphatic rings. The Balaban J connectivity index is 0. The summed E-state index contributed by atoms with van der Waals surface area (Å²) in [6.45, 7) is 10.6. The van der Waals surface area contributed by atoms with Crippen molar-refractivity contribution >= 4 is 0 Å². The molecule has 2 N–H and O–H groups in total. The van der Waals surface area contributed by atoms with Crippen LogP contribution in [0, 0.1) is 0 Å². The standard InChI is InChI=1S/C12H19FO3.C2H6/c1-4-6-11(13)9-10(2)16-8-5-7-12(3,14)15;1-2/h4,6,9,14-15H,1,5,7-8H2,2-3H3;1-2H3/b10-9+,11-6+;. The summed E-state index contributed by atoms with van der Waals surface area (Å²) in [6.07, 6.45) is 4.53. The van der Waals surface area contributed by atoms with E-state index in [0.717, 1.165) is 0 Å². The SMILES string of the molecule is C=C/C=C(F)\C=C(/C)OCCCC(C)(O)O.CC. The van der Waals surface area contributed by atoms with Gasteiger partial charge in [0.05, 0.1) is 12.4 Å². The number of hydrogen-bond donors (Lipinski definition) is 2. The third-order valence-corrected chi connectivity index (χ3v) is 1.74. The Labute approximate surface area is 109 Å². The first kappa shape index (κ1) is 19.2. The number of hydrogen-bond acceptors (Lipinski definition) is 3. The minimum atomic E-state index is -1.67. The zero-order valence-corrected chi connectivity index (χ0v) is 11.7. The van der Waals surface area contributed by atoms with Crippen LogP contribution < -0.4 is 0 Å². The van der Waals surface area contributed by atoms with Crippen molar-refractivity contribution in [2.75, 3.05) is 6.61 Å². The van der Waals surface area contributed by atoms with Crippen LogP contribution >= 0.6 is 0 Å². The number of ether oxygens (including phenoxy) is 1. The van der Waals surface area contributed by atoms with Gasteiger partial charge in [0.25, 0.3) is 0 Å². The second-order valence-electron chi connectivity index (χ2n) is 3.71. The summed E-state index contributed by atoms with van der Waals surface area (Å²) in [6, 6.07) is 0. The summed E-state index contributed by atoms with van der Waals surface area (Å²) in [5.74, 6) is -1.66. The Kier molecular flexibility index (Phi) is 11.7. The maximum atomic E-state index is 12.9. The van der Waals surface area contributed by atoms with E-state index in [1.54, 1.807) is 6.92 Å². The van der Waals surface area contributed by atoms with E-state index in [-0.39, 0.29) is 6.42 Å². The molecule has 4 heteroatoms. The Hall–Kier alpha value is -1.13. The molecule has 0 aromatic rings. The third kappa shape index (κ3) is 14.9. The molecule has 0 rings (SSSR count). The molecule has 0 radical (unpaired) electrons. The van der Waals surface area contributed by atoms with Crippen LogP contribution in [0.2, 0.25) is 0 Å². The van der Waals surface area contributed by atoms with Crippen molar-refractivity contribution in [3.05, 3.63) is 36.4 Å². The fourth-order valence-electron chi connectivity index (χ4n) is 1.04. The monoisotopic (exact) mass is 260 g/mol. The van der Waals surface area contributed by atoms with Gasteiger partial charge in [0.1, 0.15) is 5.83 Å². The molecular weight excluding hydrogens is 235 g/mol. The van der Waals surface area contributed by atoms with Gasteiger partial charge < -0.3 is 14.9 Å². The third-order valence-electron chi connectivity index (χ3n) is 1.74. The van der Waals surface area contributed by atoms with Crippen LogP contribution in [0.15, 0.2) is 36.4 Å². The molecule has 0 aliphatic heterocycles. The molecule has 0 atom stereocenters. The molecule has 18 heavy (non-hydrogen) atoms. The molecule has 0 amide bonds. The molecule has 0 aromatic heterocycles. The zero-order valence-electron chi connectivity index (χ0n) is 11.7. The fourth-order valence-corrected chi connectivity index (χ4v) is 1.04. The van der Waals surface area contributed by atoms with Crippen LogP contribution in [0.1, 0.15) is 40.5 Å². The van der Waals surface area contributed by atoms with Gasteiger partial charge in [0, 0.05) is 12.5 Å². The van der Waals surface area contributed by atoms with Crippen LogP contribution in [0.3, 0.4) is 0 Å². The zero-order chi connectivity index (χ0) is 14.6. The highest BCUT2D eigenvalue weighted by atomic mass is 19.1. The Morgan fingerprint density at radius 1 is 1.39 bits per heavy atom. The maximum Gasteiger partial charge on any atom is 0.159 e. The van der Waals surface area contributed by atoms with E-state index in [0.29, 0.717) is 18.8 Å². The molecule has 0 saturated heterocycles. The van der Waals surface area contributed by atoms with Crippen LogP contribution in [-0.4, -0.2) is 22.6 Å². The largest absolute Gasteiger partial charge is 0.498 e. The lowest BCUT2D eigenvalue weighted by Crippen LogP contribution is -2.23. The van der Waals surface area contributed by atoms with Crippen molar-refractivity contribution in [3.63, 3.8) is 0 Å². The predicted molar refractivity (Wildman–Crippen MR) is 72.5 cm³/mol. The minimum absolute atomic E-state index is 0.214. The molecule has 0 saturated carbocycles. The predicted octanol–water partition coefficient (Wildman–Crippen LogP) is 3.45. The van der Waals surface area contributed by atoms with Crippen molar-refractivity contribution in [2.24, 2.45) is 0 Å². The number of halogens is 1. The topological polar surface area (TPSA) is 49.7 Å². The van der Waals surface area contributed by atoms with E-state index in [9.17, 15) is 4.39 Å². The summed E-state index contributed by atoms with van der Waals surface area (Å²) in [7, 11) is 0. The lowest BCUT2D eigenvalue weighted by Gasteiger charge is -2.15. The summed E-state index contributed by atoms with van der Waals surface area (Å²) >= 11 is 0. The maximum absolute atomic E-state index is 12.9. The normalized spacial score (nSPS) is 12.6. The van der Waals surface area contributed by atoms with Gasteiger partial charge in [-0.25, -0.2) is 4.39 Å². The first-order valence-corrected chi connectivity index (χ1v) is 6.09. The van der Waals surface area contributed by atoms with Gasteiger partial charge >= 0.3 is 0 Å². The number of aliphatic hydroxyl groups is 2. The summed E-state index contributed by atoms with van der Waals surface area (Å²) in [4.78, 5) is 0. The van der Waals surface area contributed by atoms with Crippen LogP contribution in [0.4, 0.5) is 4.39 Å². The Bertz CT molecular complexity index is 275. The van der Waals surface area contributed by atoms with Gasteiger partial charge in [-0.2, -0.15) is 0 Å². The molecular formula is C14H25FO3. The number of allylic oxidation sites excluding steroid dienone is 5. The minimum Gasteiger partial charge on any atom is -0.498 e. The lowest BCUT2D eigenvalue weighted by molar-refractivity contribution is -0.151. The molecule has 0 spiro atoms. The smallest absolute Gasteiger partial charge is 0.159 e. The second kappa shape index (κ2) is 11.0. The molecule has 0 aliphatic carbocycles. The van der Waals surface area contributed by atoms with Gasteiger partial charge in [-0.1, -0.05) is 26.5 Å². The molecule has 0 unspecified atom stereocenters. The Morgan fingerprint density at radius 2 is 1.94 bits per heavy atom. The molecule has 0 fully saturated rings. The van der Waals surface area contributed by atoms with Crippen molar-refractivity contribution < 1.29 is 19.3 Å². The van der Waals surface area contributed by atoms with Crippen molar-refractivity contribution in [3.8, 4) is 0 Å². The summed E-state index contributed by atoms with van der Waals surface area (Å²) in [5, 5.41) is 18.0. The summed E-state index contributed by atoms with van der Waals surface area (Å²) in [5.41, 5.74) is 0. The quantitative estimate of drug-likeness (QED) is 0.319. The van der Waals surface area contributed by atoms with E-state index < -0.39 is 11.6 Å². The molecule has 0 heterocycles. The van der Waals surface area contributed by atoms with Crippen molar-refractivity contribution in [2.45, 2.75) is 46.3 Å². The number of rotatable bonds is 7.